The van der Waals surface area contributed by atoms with Crippen molar-refractivity contribution >= 4 is 11.8 Å². The van der Waals surface area contributed by atoms with Gasteiger partial charge in [-0.05, 0) is 13.8 Å². The Labute approximate surface area is 77.1 Å². The Bertz CT molecular complexity index is 209. The van der Waals surface area contributed by atoms with Crippen LogP contribution in [0.3, 0.4) is 0 Å². The molecule has 4 nitrogen and oxygen atoms in total. The number of nitrogens with zero attached hydrogens (tertiary/aromatic N) is 1. The first-order valence-corrected chi connectivity index (χ1v) is 3.92. The summed E-state index contributed by atoms with van der Waals surface area (Å²) in [6, 6.07) is 0. The number of halogens is 1. The summed E-state index contributed by atoms with van der Waals surface area (Å²) in [7, 11) is 3.13. The molecular formula is C8H15FN2O2. The van der Waals surface area contributed by atoms with Gasteiger partial charge in [-0.2, -0.15) is 0 Å². The summed E-state index contributed by atoms with van der Waals surface area (Å²) in [5.74, 6) is -1.04. The van der Waals surface area contributed by atoms with Crippen LogP contribution in [0.5, 0.6) is 0 Å². The van der Waals surface area contributed by atoms with Crippen LogP contribution in [0.25, 0.3) is 0 Å². The van der Waals surface area contributed by atoms with Gasteiger partial charge in [0.05, 0.1) is 6.54 Å². The topological polar surface area (TPSA) is 49.4 Å². The molecule has 0 aliphatic carbocycles. The number of rotatable bonds is 3. The van der Waals surface area contributed by atoms with Crippen molar-refractivity contribution in [3.8, 4) is 0 Å². The van der Waals surface area contributed by atoms with Crippen molar-refractivity contribution in [1.29, 1.82) is 0 Å². The number of carbonyl (C=O) groups is 2. The Morgan fingerprint density at radius 2 is 1.85 bits per heavy atom. The first kappa shape index (κ1) is 11.9. The van der Waals surface area contributed by atoms with E-state index < -0.39 is 11.6 Å². The van der Waals surface area contributed by atoms with Crippen LogP contribution in [0.15, 0.2) is 0 Å². The first-order chi connectivity index (χ1) is 5.75. The van der Waals surface area contributed by atoms with Gasteiger partial charge in [-0.15, -0.1) is 0 Å². The van der Waals surface area contributed by atoms with Crippen molar-refractivity contribution in [2.75, 3.05) is 20.6 Å². The average Bonchev–Trinajstić information content (AvgIpc) is 1.97. The molecule has 0 rings (SSSR count). The van der Waals surface area contributed by atoms with Gasteiger partial charge in [-0.3, -0.25) is 9.59 Å². The second-order valence-electron chi connectivity index (χ2n) is 3.44. The molecule has 0 fully saturated rings. The maximum atomic E-state index is 12.9. The molecule has 0 radical (unpaired) electrons. The fraction of sp³-hybridized carbons (Fsp3) is 0.750. The van der Waals surface area contributed by atoms with Crippen LogP contribution >= 0.6 is 0 Å². The SMILES string of the molecule is CN(C)C(=O)CNC(=O)C(C)(C)F. The lowest BCUT2D eigenvalue weighted by molar-refractivity contribution is -0.135. The lowest BCUT2D eigenvalue weighted by Gasteiger charge is -2.15. The second-order valence-corrected chi connectivity index (χ2v) is 3.44. The normalized spacial score (nSPS) is 10.8. The molecule has 0 unspecified atom stereocenters. The van der Waals surface area contributed by atoms with E-state index in [1.54, 1.807) is 14.1 Å². The van der Waals surface area contributed by atoms with Gasteiger partial charge >= 0.3 is 0 Å². The summed E-state index contributed by atoms with van der Waals surface area (Å²) in [6.07, 6.45) is 0. The van der Waals surface area contributed by atoms with Crippen molar-refractivity contribution in [3.63, 3.8) is 0 Å². The zero-order valence-electron chi connectivity index (χ0n) is 8.35. The van der Waals surface area contributed by atoms with E-state index in [0.29, 0.717) is 0 Å². The van der Waals surface area contributed by atoms with Crippen LogP contribution in [0.4, 0.5) is 4.39 Å². The van der Waals surface area contributed by atoms with Crippen LogP contribution in [-0.2, 0) is 9.59 Å². The molecule has 76 valence electrons. The molecule has 0 saturated carbocycles. The van der Waals surface area contributed by atoms with Crippen LogP contribution in [-0.4, -0.2) is 43.0 Å². The zero-order chi connectivity index (χ0) is 10.6. The van der Waals surface area contributed by atoms with Gasteiger partial charge in [0.2, 0.25) is 5.91 Å². The quantitative estimate of drug-likeness (QED) is 0.677. The third kappa shape index (κ3) is 4.45. The minimum atomic E-state index is -1.94. The van der Waals surface area contributed by atoms with Crippen LogP contribution < -0.4 is 5.32 Å². The molecule has 0 spiro atoms. The monoisotopic (exact) mass is 190 g/mol. The highest BCUT2D eigenvalue weighted by molar-refractivity contribution is 5.88. The molecule has 0 aliphatic rings. The largest absolute Gasteiger partial charge is 0.347 e. The molecule has 0 saturated heterocycles. The Morgan fingerprint density at radius 1 is 1.38 bits per heavy atom. The number of nitrogens with one attached hydrogen (secondary N) is 1. The Balaban J connectivity index is 3.92. The van der Waals surface area contributed by atoms with Gasteiger partial charge < -0.3 is 10.2 Å². The van der Waals surface area contributed by atoms with E-state index in [-0.39, 0.29) is 12.5 Å². The number of likely N-dealkylation sites (N-methyl/N-ethyl adjacent to an activating group) is 1. The fourth-order valence-electron chi connectivity index (χ4n) is 0.524. The van der Waals surface area contributed by atoms with E-state index in [1.807, 2.05) is 0 Å². The van der Waals surface area contributed by atoms with E-state index in [9.17, 15) is 14.0 Å². The summed E-state index contributed by atoms with van der Waals surface area (Å²) >= 11 is 0. The standard InChI is InChI=1S/C8H15FN2O2/c1-8(2,9)7(13)10-5-6(12)11(3)4/h5H2,1-4H3,(H,10,13). The lowest BCUT2D eigenvalue weighted by atomic mass is 10.1. The number of carbonyl (C=O) groups excluding carboxylic acids is 2. The van der Waals surface area contributed by atoms with Crippen molar-refractivity contribution in [2.45, 2.75) is 19.5 Å². The van der Waals surface area contributed by atoms with Gasteiger partial charge in [0, 0.05) is 14.1 Å². The third-order valence-corrected chi connectivity index (χ3v) is 1.44. The maximum absolute atomic E-state index is 12.9. The minimum Gasteiger partial charge on any atom is -0.347 e. The predicted octanol–water partition coefficient (Wildman–Crippen LogP) is -0.0611. The molecule has 1 N–H and O–H groups in total. The lowest BCUT2D eigenvalue weighted by Crippen LogP contribution is -2.43. The van der Waals surface area contributed by atoms with Gasteiger partial charge in [0.25, 0.3) is 5.91 Å². The van der Waals surface area contributed by atoms with Crippen molar-refractivity contribution in [3.05, 3.63) is 0 Å². The molecular weight excluding hydrogens is 175 g/mol. The summed E-state index contributed by atoms with van der Waals surface area (Å²) in [4.78, 5) is 23.2. The predicted molar refractivity (Wildman–Crippen MR) is 46.9 cm³/mol. The number of alkyl halides is 1. The number of hydrogen-bond donors (Lipinski definition) is 1. The molecule has 0 bridgehead atoms. The second kappa shape index (κ2) is 4.20. The van der Waals surface area contributed by atoms with Crippen LogP contribution in [0.2, 0.25) is 0 Å². The van der Waals surface area contributed by atoms with Gasteiger partial charge in [-0.1, -0.05) is 0 Å². The van der Waals surface area contributed by atoms with E-state index in [4.69, 9.17) is 0 Å². The van der Waals surface area contributed by atoms with Crippen LogP contribution in [0, 0.1) is 0 Å². The van der Waals surface area contributed by atoms with Crippen LogP contribution in [0.1, 0.15) is 13.8 Å². The van der Waals surface area contributed by atoms with E-state index in [1.165, 1.54) is 4.90 Å². The molecule has 13 heavy (non-hydrogen) atoms. The van der Waals surface area contributed by atoms with E-state index in [0.717, 1.165) is 13.8 Å². The summed E-state index contributed by atoms with van der Waals surface area (Å²) in [5, 5.41) is 2.20. The summed E-state index contributed by atoms with van der Waals surface area (Å²) < 4.78 is 12.9. The minimum absolute atomic E-state index is 0.167. The van der Waals surface area contributed by atoms with E-state index in [2.05, 4.69) is 5.32 Å². The highest BCUT2D eigenvalue weighted by atomic mass is 19.1. The summed E-state index contributed by atoms with van der Waals surface area (Å²) in [5.41, 5.74) is -1.94. The molecule has 0 aliphatic heterocycles. The van der Waals surface area contributed by atoms with Gasteiger partial charge in [-0.25, -0.2) is 4.39 Å². The molecule has 0 aromatic heterocycles. The van der Waals surface area contributed by atoms with Crippen molar-refractivity contribution in [2.24, 2.45) is 0 Å². The molecule has 0 atom stereocenters. The first-order valence-electron chi connectivity index (χ1n) is 3.92. The smallest absolute Gasteiger partial charge is 0.257 e. The van der Waals surface area contributed by atoms with Gasteiger partial charge in [0.15, 0.2) is 5.67 Å². The van der Waals surface area contributed by atoms with E-state index >= 15 is 0 Å². The zero-order valence-corrected chi connectivity index (χ0v) is 8.35. The Kier molecular flexibility index (Phi) is 3.84. The van der Waals surface area contributed by atoms with Crippen molar-refractivity contribution in [1.82, 2.24) is 10.2 Å². The van der Waals surface area contributed by atoms with Crippen molar-refractivity contribution < 1.29 is 14.0 Å². The Morgan fingerprint density at radius 3 is 2.15 bits per heavy atom. The molecule has 0 aromatic carbocycles. The third-order valence-electron chi connectivity index (χ3n) is 1.44. The fourth-order valence-corrected chi connectivity index (χ4v) is 0.524. The number of amides is 2. The number of hydrogen-bond acceptors (Lipinski definition) is 2. The highest BCUT2D eigenvalue weighted by Crippen LogP contribution is 2.06. The maximum Gasteiger partial charge on any atom is 0.257 e. The molecule has 5 heteroatoms. The van der Waals surface area contributed by atoms with Gasteiger partial charge in [0.1, 0.15) is 0 Å². The summed E-state index contributed by atoms with van der Waals surface area (Å²) in [6.45, 7) is 2.12. The molecule has 0 heterocycles. The molecule has 2 amide bonds. The molecule has 0 aromatic rings. The average molecular weight is 190 g/mol. The Hall–Kier alpha value is -1.13. The highest BCUT2D eigenvalue weighted by Gasteiger charge is 2.26.